The van der Waals surface area contributed by atoms with E-state index >= 15 is 0 Å². The van der Waals surface area contributed by atoms with E-state index in [-0.39, 0.29) is 23.5 Å². The van der Waals surface area contributed by atoms with E-state index in [2.05, 4.69) is 10.6 Å². The van der Waals surface area contributed by atoms with E-state index in [1.807, 2.05) is 0 Å². The van der Waals surface area contributed by atoms with Crippen LogP contribution in [0.5, 0.6) is 0 Å². The number of ketones is 1. The zero-order valence-corrected chi connectivity index (χ0v) is 14.6. The minimum Gasteiger partial charge on any atom is -0.354 e. The highest BCUT2D eigenvalue weighted by atomic mass is 16.2. The first kappa shape index (κ1) is 16.8. The SMILES string of the molecule is C[C@]12C(=O)c3ccccc3NC(=O)C1[C@H]2C(=O)NCCN1CCCC1=O. The molecule has 2 fully saturated rings. The van der Waals surface area contributed by atoms with E-state index in [1.165, 1.54) is 0 Å². The smallest absolute Gasteiger partial charge is 0.229 e. The van der Waals surface area contributed by atoms with Crippen LogP contribution in [-0.2, 0) is 14.4 Å². The molecule has 3 atom stereocenters. The fourth-order valence-corrected chi connectivity index (χ4v) is 4.30. The van der Waals surface area contributed by atoms with Crippen LogP contribution in [0.15, 0.2) is 24.3 Å². The summed E-state index contributed by atoms with van der Waals surface area (Å²) in [5, 5.41) is 5.56. The molecule has 1 aliphatic carbocycles. The molecule has 7 nitrogen and oxygen atoms in total. The second-order valence-corrected chi connectivity index (χ2v) is 7.38. The fourth-order valence-electron chi connectivity index (χ4n) is 4.30. The number of carbonyl (C=O) groups is 4. The van der Waals surface area contributed by atoms with Crippen molar-refractivity contribution in [2.24, 2.45) is 17.3 Å². The minimum absolute atomic E-state index is 0.106. The molecule has 1 aromatic rings. The van der Waals surface area contributed by atoms with Gasteiger partial charge in [-0.05, 0) is 18.6 Å². The van der Waals surface area contributed by atoms with Crippen molar-refractivity contribution in [2.45, 2.75) is 19.8 Å². The number of fused-ring (bicyclic) bond motifs is 2. The molecule has 26 heavy (non-hydrogen) atoms. The number of hydrogen-bond donors (Lipinski definition) is 2. The molecule has 0 radical (unpaired) electrons. The van der Waals surface area contributed by atoms with Crippen LogP contribution in [0.2, 0.25) is 0 Å². The third-order valence-corrected chi connectivity index (χ3v) is 5.85. The maximum atomic E-state index is 13.0. The molecule has 136 valence electrons. The number of para-hydroxylation sites is 1. The number of carbonyl (C=O) groups excluding carboxylic acids is 4. The molecule has 3 amide bonds. The lowest BCUT2D eigenvalue weighted by atomic mass is 9.92. The summed E-state index contributed by atoms with van der Waals surface area (Å²) in [6.07, 6.45) is 1.41. The van der Waals surface area contributed by atoms with Crippen LogP contribution in [0.1, 0.15) is 30.1 Å². The highest BCUT2D eigenvalue weighted by molar-refractivity contribution is 6.19. The number of benzene rings is 1. The van der Waals surface area contributed by atoms with E-state index in [0.29, 0.717) is 30.8 Å². The van der Waals surface area contributed by atoms with Crippen molar-refractivity contribution in [1.29, 1.82) is 0 Å². The monoisotopic (exact) mass is 355 g/mol. The lowest BCUT2D eigenvalue weighted by molar-refractivity contribution is -0.128. The summed E-state index contributed by atoms with van der Waals surface area (Å²) in [7, 11) is 0. The van der Waals surface area contributed by atoms with Gasteiger partial charge in [0.15, 0.2) is 5.78 Å². The molecule has 7 heteroatoms. The maximum Gasteiger partial charge on any atom is 0.229 e. The van der Waals surface area contributed by atoms with E-state index in [4.69, 9.17) is 0 Å². The highest BCUT2D eigenvalue weighted by Crippen LogP contribution is 2.62. The second kappa shape index (κ2) is 5.93. The van der Waals surface area contributed by atoms with Gasteiger partial charge in [0, 0.05) is 31.6 Å². The summed E-state index contributed by atoms with van der Waals surface area (Å²) in [6, 6.07) is 6.88. The van der Waals surface area contributed by atoms with Gasteiger partial charge in [0.05, 0.1) is 22.9 Å². The van der Waals surface area contributed by atoms with Gasteiger partial charge < -0.3 is 15.5 Å². The van der Waals surface area contributed by atoms with Gasteiger partial charge in [-0.2, -0.15) is 0 Å². The number of anilines is 1. The third kappa shape index (κ3) is 2.41. The molecule has 0 aromatic heterocycles. The summed E-state index contributed by atoms with van der Waals surface area (Å²) in [5.41, 5.74) is -0.0593. The predicted octanol–water partition coefficient (Wildman–Crippen LogP) is 0.812. The zero-order chi connectivity index (χ0) is 18.5. The van der Waals surface area contributed by atoms with Crippen molar-refractivity contribution in [2.75, 3.05) is 25.0 Å². The molecular formula is C19H21N3O4. The molecule has 0 spiro atoms. The van der Waals surface area contributed by atoms with Gasteiger partial charge >= 0.3 is 0 Å². The Bertz CT molecular complexity index is 821. The number of nitrogens with zero attached hydrogens (tertiary/aromatic N) is 1. The largest absolute Gasteiger partial charge is 0.354 e. The Hall–Kier alpha value is -2.70. The van der Waals surface area contributed by atoms with Crippen molar-refractivity contribution >= 4 is 29.2 Å². The van der Waals surface area contributed by atoms with Gasteiger partial charge in [-0.3, -0.25) is 19.2 Å². The van der Waals surface area contributed by atoms with Crippen molar-refractivity contribution in [3.63, 3.8) is 0 Å². The van der Waals surface area contributed by atoms with Crippen LogP contribution >= 0.6 is 0 Å². The number of likely N-dealkylation sites (tertiary alicyclic amines) is 1. The highest BCUT2D eigenvalue weighted by Gasteiger charge is 2.73. The van der Waals surface area contributed by atoms with Crippen LogP contribution in [0.25, 0.3) is 0 Å². The number of nitrogens with one attached hydrogen (secondary N) is 2. The van der Waals surface area contributed by atoms with Crippen molar-refractivity contribution in [3.05, 3.63) is 29.8 Å². The Labute approximate surface area is 151 Å². The fraction of sp³-hybridized carbons (Fsp3) is 0.474. The van der Waals surface area contributed by atoms with Gasteiger partial charge in [-0.1, -0.05) is 19.1 Å². The molecule has 2 heterocycles. The van der Waals surface area contributed by atoms with Gasteiger partial charge in [-0.25, -0.2) is 0 Å². The van der Waals surface area contributed by atoms with Gasteiger partial charge in [-0.15, -0.1) is 0 Å². The Morgan fingerprint density at radius 1 is 1.31 bits per heavy atom. The Morgan fingerprint density at radius 2 is 2.08 bits per heavy atom. The first-order valence-electron chi connectivity index (χ1n) is 8.95. The number of hydrogen-bond acceptors (Lipinski definition) is 4. The molecule has 1 saturated heterocycles. The molecule has 1 aromatic carbocycles. The molecule has 3 aliphatic rings. The number of Topliss-reactive ketones (excluding diaryl/α,β-unsaturated/α-hetero) is 1. The standard InChI is InChI=1S/C19H21N3O4/c1-19-14(17(25)20-8-10-22-9-4-7-13(22)23)15(19)18(26)21-12-6-3-2-5-11(12)16(19)24/h2-3,5-6,14-15H,4,7-10H2,1H3,(H,20,25)(H,21,26)/t14-,15?,19+/m0/s1. The van der Waals surface area contributed by atoms with Gasteiger partial charge in [0.25, 0.3) is 0 Å². The predicted molar refractivity (Wildman–Crippen MR) is 93.3 cm³/mol. The zero-order valence-electron chi connectivity index (χ0n) is 14.6. The van der Waals surface area contributed by atoms with Gasteiger partial charge in [0.2, 0.25) is 17.7 Å². The van der Waals surface area contributed by atoms with Crippen molar-refractivity contribution < 1.29 is 19.2 Å². The van der Waals surface area contributed by atoms with Crippen molar-refractivity contribution in [1.82, 2.24) is 10.2 Å². The lowest BCUT2D eigenvalue weighted by Gasteiger charge is -2.16. The second-order valence-electron chi connectivity index (χ2n) is 7.38. The lowest BCUT2D eigenvalue weighted by Crippen LogP contribution is -2.37. The Balaban J connectivity index is 1.46. The summed E-state index contributed by atoms with van der Waals surface area (Å²) in [6.45, 7) is 3.20. The third-order valence-electron chi connectivity index (χ3n) is 5.85. The summed E-state index contributed by atoms with van der Waals surface area (Å²) < 4.78 is 0. The van der Waals surface area contributed by atoms with Crippen LogP contribution in [0.3, 0.4) is 0 Å². The van der Waals surface area contributed by atoms with Crippen LogP contribution in [-0.4, -0.2) is 48.0 Å². The first-order valence-corrected chi connectivity index (χ1v) is 8.95. The first-order chi connectivity index (χ1) is 12.4. The average molecular weight is 355 g/mol. The molecule has 1 unspecified atom stereocenters. The van der Waals surface area contributed by atoms with Crippen molar-refractivity contribution in [3.8, 4) is 0 Å². The molecule has 4 rings (SSSR count). The van der Waals surface area contributed by atoms with Crippen LogP contribution in [0, 0.1) is 17.3 Å². The Kier molecular flexibility index (Phi) is 3.82. The average Bonchev–Trinajstić information content (AvgIpc) is 3.10. The number of rotatable bonds is 4. The maximum absolute atomic E-state index is 13.0. The normalized spacial score (nSPS) is 29.6. The topological polar surface area (TPSA) is 95.6 Å². The quantitative estimate of drug-likeness (QED) is 0.836. The van der Waals surface area contributed by atoms with E-state index in [0.717, 1.165) is 13.0 Å². The summed E-state index contributed by atoms with van der Waals surface area (Å²) in [4.78, 5) is 51.4. The molecule has 1 saturated carbocycles. The van der Waals surface area contributed by atoms with Gasteiger partial charge in [0.1, 0.15) is 0 Å². The van der Waals surface area contributed by atoms with E-state index in [9.17, 15) is 19.2 Å². The molecule has 0 bridgehead atoms. The summed E-state index contributed by atoms with van der Waals surface area (Å²) in [5.74, 6) is -1.98. The Morgan fingerprint density at radius 3 is 2.81 bits per heavy atom. The van der Waals surface area contributed by atoms with E-state index in [1.54, 1.807) is 36.1 Å². The molecule has 2 N–H and O–H groups in total. The van der Waals surface area contributed by atoms with Crippen LogP contribution in [0.4, 0.5) is 5.69 Å². The van der Waals surface area contributed by atoms with E-state index < -0.39 is 17.3 Å². The molecular weight excluding hydrogens is 334 g/mol. The van der Waals surface area contributed by atoms with Crippen LogP contribution < -0.4 is 10.6 Å². The number of amides is 3. The molecule has 2 aliphatic heterocycles. The minimum atomic E-state index is -1.01. The summed E-state index contributed by atoms with van der Waals surface area (Å²) >= 11 is 0.